The van der Waals surface area contributed by atoms with Crippen molar-refractivity contribution in [2.24, 2.45) is 0 Å². The molecule has 0 aliphatic carbocycles. The van der Waals surface area contributed by atoms with Crippen LogP contribution in [0, 0.1) is 0 Å². The van der Waals surface area contributed by atoms with Crippen LogP contribution in [0.25, 0.3) is 0 Å². The summed E-state index contributed by atoms with van der Waals surface area (Å²) in [5.74, 6) is 2.47. The smallest absolute Gasteiger partial charge is 0.277 e. The normalized spacial score (nSPS) is 10.5. The molecular formula is C14H16N2O4S2. The van der Waals surface area contributed by atoms with Gasteiger partial charge in [0.25, 0.3) is 5.22 Å². The molecule has 0 aliphatic heterocycles. The van der Waals surface area contributed by atoms with Crippen LogP contribution in [-0.4, -0.2) is 42.2 Å². The summed E-state index contributed by atoms with van der Waals surface area (Å²) in [6.07, 6.45) is 1.95. The first-order valence-electron chi connectivity index (χ1n) is 6.37. The van der Waals surface area contributed by atoms with Crippen LogP contribution < -0.4 is 9.47 Å². The van der Waals surface area contributed by atoms with Crippen molar-refractivity contribution in [3.05, 3.63) is 29.7 Å². The van der Waals surface area contributed by atoms with E-state index in [0.717, 1.165) is 0 Å². The highest BCUT2D eigenvalue weighted by Crippen LogP contribution is 2.27. The monoisotopic (exact) mass is 340 g/mol. The lowest BCUT2D eigenvalue weighted by molar-refractivity contribution is 0.101. The van der Waals surface area contributed by atoms with Gasteiger partial charge in [0.05, 0.1) is 31.3 Å². The Balaban J connectivity index is 2.02. The van der Waals surface area contributed by atoms with E-state index in [1.807, 2.05) is 6.26 Å². The SMILES string of the molecule is COc1ccc(C(=O)CSc2nnc(CSC)o2)c(OC)c1. The third-order valence-electron chi connectivity index (χ3n) is 2.75. The molecule has 0 atom stereocenters. The van der Waals surface area contributed by atoms with Gasteiger partial charge in [-0.15, -0.1) is 10.2 Å². The van der Waals surface area contributed by atoms with Gasteiger partial charge >= 0.3 is 0 Å². The number of rotatable bonds is 8. The Morgan fingerprint density at radius 3 is 2.77 bits per heavy atom. The van der Waals surface area contributed by atoms with Crippen LogP contribution in [0.5, 0.6) is 11.5 Å². The van der Waals surface area contributed by atoms with Gasteiger partial charge in [0.1, 0.15) is 11.5 Å². The van der Waals surface area contributed by atoms with Crippen LogP contribution in [-0.2, 0) is 5.75 Å². The quantitative estimate of drug-likeness (QED) is 0.536. The first-order valence-corrected chi connectivity index (χ1v) is 8.75. The minimum atomic E-state index is -0.0749. The van der Waals surface area contributed by atoms with E-state index in [-0.39, 0.29) is 11.5 Å². The number of methoxy groups -OCH3 is 2. The van der Waals surface area contributed by atoms with Crippen LogP contribution in [0.4, 0.5) is 0 Å². The number of Topliss-reactive ketones (excluding diaryl/α,β-unsaturated/α-hetero) is 1. The van der Waals surface area contributed by atoms with E-state index < -0.39 is 0 Å². The van der Waals surface area contributed by atoms with Crippen LogP contribution in [0.2, 0.25) is 0 Å². The topological polar surface area (TPSA) is 74.5 Å². The second-order valence-electron chi connectivity index (χ2n) is 4.17. The molecule has 0 aliphatic rings. The summed E-state index contributed by atoms with van der Waals surface area (Å²) >= 11 is 2.81. The van der Waals surface area contributed by atoms with Gasteiger partial charge in [0.15, 0.2) is 5.78 Å². The van der Waals surface area contributed by atoms with Crippen molar-refractivity contribution < 1.29 is 18.7 Å². The molecule has 1 aromatic carbocycles. The largest absolute Gasteiger partial charge is 0.497 e. The molecule has 2 rings (SSSR count). The fourth-order valence-electron chi connectivity index (χ4n) is 1.71. The van der Waals surface area contributed by atoms with Crippen molar-refractivity contribution >= 4 is 29.3 Å². The van der Waals surface area contributed by atoms with Crippen LogP contribution in [0.15, 0.2) is 27.8 Å². The van der Waals surface area contributed by atoms with Crippen molar-refractivity contribution in [2.45, 2.75) is 11.0 Å². The van der Waals surface area contributed by atoms with Crippen molar-refractivity contribution in [1.29, 1.82) is 0 Å². The predicted octanol–water partition coefficient (Wildman–Crippen LogP) is 2.92. The number of aromatic nitrogens is 2. The van der Waals surface area contributed by atoms with E-state index in [1.54, 1.807) is 37.1 Å². The van der Waals surface area contributed by atoms with E-state index in [0.29, 0.717) is 33.9 Å². The minimum Gasteiger partial charge on any atom is -0.497 e. The first-order chi connectivity index (χ1) is 10.7. The van der Waals surface area contributed by atoms with Gasteiger partial charge in [0.2, 0.25) is 5.89 Å². The number of carbonyl (C=O) groups excluding carboxylic acids is 1. The van der Waals surface area contributed by atoms with Gasteiger partial charge in [-0.25, -0.2) is 0 Å². The number of hydrogen-bond donors (Lipinski definition) is 0. The molecule has 0 bridgehead atoms. The minimum absolute atomic E-state index is 0.0749. The van der Waals surface area contributed by atoms with Crippen LogP contribution in [0.3, 0.4) is 0 Å². The fraction of sp³-hybridized carbons (Fsp3) is 0.357. The summed E-state index contributed by atoms with van der Waals surface area (Å²) in [4.78, 5) is 12.3. The highest BCUT2D eigenvalue weighted by molar-refractivity contribution is 7.99. The maximum Gasteiger partial charge on any atom is 0.277 e. The van der Waals surface area contributed by atoms with Gasteiger partial charge < -0.3 is 13.9 Å². The molecule has 1 heterocycles. The molecule has 0 amide bonds. The Labute approximate surface area is 137 Å². The van der Waals surface area contributed by atoms with E-state index in [9.17, 15) is 4.79 Å². The lowest BCUT2D eigenvalue weighted by atomic mass is 10.1. The number of ketones is 1. The zero-order valence-electron chi connectivity index (χ0n) is 12.5. The number of thioether (sulfide) groups is 2. The lowest BCUT2D eigenvalue weighted by Gasteiger charge is -2.08. The van der Waals surface area contributed by atoms with Crippen molar-refractivity contribution in [3.63, 3.8) is 0 Å². The molecule has 0 radical (unpaired) electrons. The molecular weight excluding hydrogens is 324 g/mol. The Bertz CT molecular complexity index is 646. The average molecular weight is 340 g/mol. The number of carbonyl (C=O) groups is 1. The van der Waals surface area contributed by atoms with E-state index in [4.69, 9.17) is 13.9 Å². The molecule has 2 aromatic rings. The number of ether oxygens (including phenoxy) is 2. The third-order valence-corrected chi connectivity index (χ3v) is 4.11. The van der Waals surface area contributed by atoms with Crippen molar-refractivity contribution in [2.75, 3.05) is 26.2 Å². The summed E-state index contributed by atoms with van der Waals surface area (Å²) in [6.45, 7) is 0. The van der Waals surface area contributed by atoms with E-state index in [2.05, 4.69) is 10.2 Å². The molecule has 0 saturated carbocycles. The van der Waals surface area contributed by atoms with Gasteiger partial charge in [-0.3, -0.25) is 4.79 Å². The number of nitrogens with zero attached hydrogens (tertiary/aromatic N) is 2. The maximum absolute atomic E-state index is 12.3. The summed E-state index contributed by atoms with van der Waals surface area (Å²) in [5.41, 5.74) is 0.500. The molecule has 8 heteroatoms. The Morgan fingerprint density at radius 1 is 1.27 bits per heavy atom. The van der Waals surface area contributed by atoms with E-state index in [1.165, 1.54) is 18.9 Å². The molecule has 22 heavy (non-hydrogen) atoms. The highest BCUT2D eigenvalue weighted by Gasteiger charge is 2.15. The standard InChI is InChI=1S/C14H16N2O4S2/c1-18-9-4-5-10(12(6-9)19-2)11(17)7-22-14-16-15-13(20-14)8-21-3/h4-6H,7-8H2,1-3H3. The highest BCUT2D eigenvalue weighted by atomic mass is 32.2. The molecule has 0 saturated heterocycles. The average Bonchev–Trinajstić information content (AvgIpc) is 3.00. The molecule has 0 spiro atoms. The zero-order valence-corrected chi connectivity index (χ0v) is 14.1. The molecule has 0 unspecified atom stereocenters. The van der Waals surface area contributed by atoms with Gasteiger partial charge in [-0.2, -0.15) is 11.8 Å². The number of hydrogen-bond acceptors (Lipinski definition) is 8. The Kier molecular flexibility index (Phi) is 6.14. The zero-order chi connectivity index (χ0) is 15.9. The lowest BCUT2D eigenvalue weighted by Crippen LogP contribution is -2.05. The Hall–Kier alpha value is -1.67. The summed E-state index contributed by atoms with van der Waals surface area (Å²) < 4.78 is 15.8. The van der Waals surface area contributed by atoms with Crippen molar-refractivity contribution in [3.8, 4) is 11.5 Å². The second kappa shape index (κ2) is 8.09. The van der Waals surface area contributed by atoms with Gasteiger partial charge in [-0.1, -0.05) is 11.8 Å². The molecule has 0 N–H and O–H groups in total. The van der Waals surface area contributed by atoms with Gasteiger partial charge in [0, 0.05) is 6.07 Å². The molecule has 118 valence electrons. The Morgan fingerprint density at radius 2 is 2.09 bits per heavy atom. The maximum atomic E-state index is 12.3. The summed E-state index contributed by atoms with van der Waals surface area (Å²) in [6, 6.07) is 5.10. The van der Waals surface area contributed by atoms with Crippen LogP contribution >= 0.6 is 23.5 Å². The molecule has 6 nitrogen and oxygen atoms in total. The summed E-state index contributed by atoms with van der Waals surface area (Å²) in [7, 11) is 3.08. The predicted molar refractivity (Wildman–Crippen MR) is 86.1 cm³/mol. The third kappa shape index (κ3) is 4.17. The van der Waals surface area contributed by atoms with Crippen LogP contribution in [0.1, 0.15) is 16.2 Å². The van der Waals surface area contributed by atoms with Crippen molar-refractivity contribution in [1.82, 2.24) is 10.2 Å². The first kappa shape index (κ1) is 16.7. The second-order valence-corrected chi connectivity index (χ2v) is 5.97. The fourth-order valence-corrected chi connectivity index (χ4v) is 2.74. The molecule has 1 aromatic heterocycles. The molecule has 0 fully saturated rings. The summed E-state index contributed by atoms with van der Waals surface area (Å²) in [5, 5.41) is 8.20. The van der Waals surface area contributed by atoms with E-state index >= 15 is 0 Å². The number of benzene rings is 1. The van der Waals surface area contributed by atoms with Gasteiger partial charge in [-0.05, 0) is 18.4 Å².